The average Bonchev–Trinajstić information content (AvgIpc) is 2.78. The molecular weight excluding hydrogens is 380 g/mol. The van der Waals surface area contributed by atoms with E-state index in [4.69, 9.17) is 9.47 Å². The van der Waals surface area contributed by atoms with E-state index in [1.807, 2.05) is 44.2 Å². The number of nitrogens with zero attached hydrogens (tertiary/aromatic N) is 1. The van der Waals surface area contributed by atoms with Crippen molar-refractivity contribution in [2.75, 3.05) is 20.3 Å². The van der Waals surface area contributed by atoms with Gasteiger partial charge in [-0.2, -0.15) is 0 Å². The highest BCUT2D eigenvalue weighted by atomic mass is 16.5. The molecule has 0 unspecified atom stereocenters. The molecule has 0 bridgehead atoms. The van der Waals surface area contributed by atoms with Gasteiger partial charge in [0.15, 0.2) is 6.61 Å². The van der Waals surface area contributed by atoms with Crippen molar-refractivity contribution < 1.29 is 19.1 Å². The third-order valence-corrected chi connectivity index (χ3v) is 5.07. The van der Waals surface area contributed by atoms with Gasteiger partial charge in [0.2, 0.25) is 5.91 Å². The second-order valence-corrected chi connectivity index (χ2v) is 7.28. The van der Waals surface area contributed by atoms with Gasteiger partial charge in [0.25, 0.3) is 5.91 Å². The molecule has 0 spiro atoms. The van der Waals surface area contributed by atoms with Gasteiger partial charge in [-0.25, -0.2) is 0 Å². The summed E-state index contributed by atoms with van der Waals surface area (Å²) in [5.41, 5.74) is 1.11. The highest BCUT2D eigenvalue weighted by Gasteiger charge is 2.26. The first-order valence-corrected chi connectivity index (χ1v) is 10.3. The fraction of sp³-hybridized carbons (Fsp3) is 0.417. The number of ether oxygens (including phenoxy) is 2. The Kier molecular flexibility index (Phi) is 9.19. The average molecular weight is 413 g/mol. The fourth-order valence-electron chi connectivity index (χ4n) is 2.94. The molecule has 162 valence electrons. The summed E-state index contributed by atoms with van der Waals surface area (Å²) in [4.78, 5) is 27.2. The molecule has 2 amide bonds. The van der Waals surface area contributed by atoms with Gasteiger partial charge < -0.3 is 19.7 Å². The molecule has 0 radical (unpaired) electrons. The molecule has 0 aliphatic carbocycles. The van der Waals surface area contributed by atoms with Crippen LogP contribution in [0.4, 0.5) is 0 Å². The Hall–Kier alpha value is -3.02. The SMILES string of the molecule is CC[C@H](C)NC(=O)[C@@H](C)N(CCc1ccccc1)C(=O)COc1ccc(OC)cc1. The van der Waals surface area contributed by atoms with Crippen molar-refractivity contribution in [3.8, 4) is 11.5 Å². The predicted molar refractivity (Wildman–Crippen MR) is 118 cm³/mol. The van der Waals surface area contributed by atoms with Crippen LogP contribution in [-0.2, 0) is 16.0 Å². The standard InChI is InChI=1S/C24H32N2O4/c1-5-18(2)25-24(28)19(3)26(16-15-20-9-7-6-8-10-20)23(27)17-30-22-13-11-21(29-4)12-14-22/h6-14,18-19H,5,15-17H2,1-4H3,(H,25,28)/t18-,19+/m0/s1. The van der Waals surface area contributed by atoms with Crippen molar-refractivity contribution >= 4 is 11.8 Å². The summed E-state index contributed by atoms with van der Waals surface area (Å²) in [6.07, 6.45) is 1.49. The summed E-state index contributed by atoms with van der Waals surface area (Å²) in [5.74, 6) is 0.904. The van der Waals surface area contributed by atoms with Crippen LogP contribution in [-0.4, -0.2) is 49.1 Å². The lowest BCUT2D eigenvalue weighted by Crippen LogP contribution is -2.51. The van der Waals surface area contributed by atoms with Crippen LogP contribution in [0, 0.1) is 0 Å². The Morgan fingerprint density at radius 3 is 2.23 bits per heavy atom. The minimum absolute atomic E-state index is 0.0570. The second kappa shape index (κ2) is 11.9. The van der Waals surface area contributed by atoms with Crippen LogP contribution in [0.15, 0.2) is 54.6 Å². The Balaban J connectivity index is 2.05. The van der Waals surface area contributed by atoms with Crippen molar-refractivity contribution in [1.29, 1.82) is 0 Å². The number of benzene rings is 2. The molecule has 30 heavy (non-hydrogen) atoms. The molecule has 0 aromatic heterocycles. The number of hydrogen-bond donors (Lipinski definition) is 1. The maximum absolute atomic E-state index is 13.0. The van der Waals surface area contributed by atoms with Crippen molar-refractivity contribution in [3.63, 3.8) is 0 Å². The maximum atomic E-state index is 13.0. The van der Waals surface area contributed by atoms with E-state index in [1.165, 1.54) is 0 Å². The van der Waals surface area contributed by atoms with Crippen LogP contribution in [0.1, 0.15) is 32.8 Å². The van der Waals surface area contributed by atoms with Crippen LogP contribution in [0.2, 0.25) is 0 Å². The van der Waals surface area contributed by atoms with E-state index < -0.39 is 6.04 Å². The molecule has 6 nitrogen and oxygen atoms in total. The molecule has 2 aromatic carbocycles. The maximum Gasteiger partial charge on any atom is 0.261 e. The van der Waals surface area contributed by atoms with Gasteiger partial charge in [-0.15, -0.1) is 0 Å². The number of methoxy groups -OCH3 is 1. The highest BCUT2D eigenvalue weighted by Crippen LogP contribution is 2.17. The molecule has 2 aromatic rings. The molecule has 0 fully saturated rings. The van der Waals surface area contributed by atoms with E-state index in [9.17, 15) is 9.59 Å². The van der Waals surface area contributed by atoms with E-state index in [1.54, 1.807) is 43.2 Å². The highest BCUT2D eigenvalue weighted by molar-refractivity contribution is 5.88. The molecule has 1 N–H and O–H groups in total. The Morgan fingerprint density at radius 1 is 1.00 bits per heavy atom. The van der Waals surface area contributed by atoms with Gasteiger partial charge in [0.05, 0.1) is 7.11 Å². The molecule has 2 rings (SSSR count). The first-order chi connectivity index (χ1) is 14.4. The minimum Gasteiger partial charge on any atom is -0.497 e. The molecule has 0 saturated heterocycles. The lowest BCUT2D eigenvalue weighted by molar-refractivity contribution is -0.141. The molecule has 0 heterocycles. The van der Waals surface area contributed by atoms with Gasteiger partial charge in [0.1, 0.15) is 17.5 Å². The Morgan fingerprint density at radius 2 is 1.63 bits per heavy atom. The minimum atomic E-state index is -0.588. The summed E-state index contributed by atoms with van der Waals surface area (Å²) >= 11 is 0. The number of nitrogens with one attached hydrogen (secondary N) is 1. The summed E-state index contributed by atoms with van der Waals surface area (Å²) in [5, 5.41) is 2.96. The Labute approximate surface area is 179 Å². The number of rotatable bonds is 11. The predicted octanol–water partition coefficient (Wildman–Crippen LogP) is 3.45. The van der Waals surface area contributed by atoms with Crippen LogP contribution in [0.25, 0.3) is 0 Å². The molecule has 0 aliphatic rings. The normalized spacial score (nSPS) is 12.5. The van der Waals surface area contributed by atoms with Crippen LogP contribution in [0.5, 0.6) is 11.5 Å². The van der Waals surface area contributed by atoms with Gasteiger partial charge in [-0.3, -0.25) is 9.59 Å². The zero-order valence-electron chi connectivity index (χ0n) is 18.3. The molecule has 6 heteroatoms. The van der Waals surface area contributed by atoms with Crippen molar-refractivity contribution in [2.24, 2.45) is 0 Å². The summed E-state index contributed by atoms with van der Waals surface area (Å²) < 4.78 is 10.8. The lowest BCUT2D eigenvalue weighted by Gasteiger charge is -2.29. The summed E-state index contributed by atoms with van der Waals surface area (Å²) in [7, 11) is 1.59. The van der Waals surface area contributed by atoms with Gasteiger partial charge in [-0.1, -0.05) is 37.3 Å². The zero-order valence-corrected chi connectivity index (χ0v) is 18.3. The van der Waals surface area contributed by atoms with E-state index in [0.717, 1.165) is 12.0 Å². The van der Waals surface area contributed by atoms with Crippen molar-refractivity contribution in [2.45, 2.75) is 45.7 Å². The van der Waals surface area contributed by atoms with Crippen LogP contribution >= 0.6 is 0 Å². The largest absolute Gasteiger partial charge is 0.497 e. The van der Waals surface area contributed by atoms with E-state index in [0.29, 0.717) is 24.5 Å². The first kappa shape index (κ1) is 23.3. The molecule has 0 saturated carbocycles. The van der Waals surface area contributed by atoms with Gasteiger partial charge in [-0.05, 0) is 56.5 Å². The van der Waals surface area contributed by atoms with Gasteiger partial charge in [0, 0.05) is 12.6 Å². The number of carbonyl (C=O) groups excluding carboxylic acids is 2. The molecular formula is C24H32N2O4. The smallest absolute Gasteiger partial charge is 0.261 e. The van der Waals surface area contributed by atoms with Gasteiger partial charge >= 0.3 is 0 Å². The van der Waals surface area contributed by atoms with Crippen molar-refractivity contribution in [3.05, 3.63) is 60.2 Å². The first-order valence-electron chi connectivity index (χ1n) is 10.3. The monoisotopic (exact) mass is 412 g/mol. The zero-order chi connectivity index (χ0) is 21.9. The fourth-order valence-corrected chi connectivity index (χ4v) is 2.94. The van der Waals surface area contributed by atoms with Crippen LogP contribution < -0.4 is 14.8 Å². The van der Waals surface area contributed by atoms with E-state index in [-0.39, 0.29) is 24.5 Å². The topological polar surface area (TPSA) is 67.9 Å². The molecule has 0 aliphatic heterocycles. The van der Waals surface area contributed by atoms with Crippen molar-refractivity contribution in [1.82, 2.24) is 10.2 Å². The number of amides is 2. The van der Waals surface area contributed by atoms with E-state index in [2.05, 4.69) is 5.32 Å². The third kappa shape index (κ3) is 7.10. The lowest BCUT2D eigenvalue weighted by atomic mass is 10.1. The Bertz CT molecular complexity index is 793. The molecule has 2 atom stereocenters. The number of carbonyl (C=O) groups is 2. The summed E-state index contributed by atoms with van der Waals surface area (Å²) in [6, 6.07) is 16.4. The van der Waals surface area contributed by atoms with Crippen LogP contribution in [0.3, 0.4) is 0 Å². The summed E-state index contributed by atoms with van der Waals surface area (Å²) in [6.45, 7) is 6.02. The second-order valence-electron chi connectivity index (χ2n) is 7.28. The number of hydrogen-bond acceptors (Lipinski definition) is 4. The quantitative estimate of drug-likeness (QED) is 0.614. The third-order valence-electron chi connectivity index (χ3n) is 5.07. The van der Waals surface area contributed by atoms with E-state index >= 15 is 0 Å².